The summed E-state index contributed by atoms with van der Waals surface area (Å²) in [6, 6.07) is -0.244. The van der Waals surface area contributed by atoms with E-state index in [0.717, 1.165) is 17.7 Å². The highest BCUT2D eigenvalue weighted by Crippen LogP contribution is 2.36. The number of hydrogen-bond donors (Lipinski definition) is 1. The van der Waals surface area contributed by atoms with Gasteiger partial charge in [0.25, 0.3) is 0 Å². The summed E-state index contributed by atoms with van der Waals surface area (Å²) in [7, 11) is 0. The summed E-state index contributed by atoms with van der Waals surface area (Å²) in [6.07, 6.45) is -2.50. The molecule has 1 saturated carbocycles. The molecule has 0 radical (unpaired) electrons. The molecule has 1 rings (SSSR count). The second-order valence-electron chi connectivity index (χ2n) is 5.25. The van der Waals surface area contributed by atoms with E-state index in [4.69, 9.17) is 0 Å². The van der Waals surface area contributed by atoms with Gasteiger partial charge in [0.2, 0.25) is 5.91 Å². The largest absolute Gasteiger partial charge is 0.406 e. The lowest BCUT2D eigenvalue weighted by atomic mass is 10.1. The van der Waals surface area contributed by atoms with Gasteiger partial charge in [0.15, 0.2) is 0 Å². The van der Waals surface area contributed by atoms with E-state index in [9.17, 15) is 18.0 Å². The van der Waals surface area contributed by atoms with Crippen molar-refractivity contribution in [1.29, 1.82) is 0 Å². The molecule has 0 aliphatic heterocycles. The molecule has 0 aromatic carbocycles. The number of hydrogen-bond acceptors (Lipinski definition) is 2. The molecule has 0 saturated heterocycles. The van der Waals surface area contributed by atoms with Crippen LogP contribution in [0, 0.1) is 5.92 Å². The van der Waals surface area contributed by atoms with E-state index in [1.54, 1.807) is 6.92 Å². The fraction of sp³-hybridized carbons (Fsp3) is 0.917. The zero-order chi connectivity index (χ0) is 13.9. The van der Waals surface area contributed by atoms with Gasteiger partial charge >= 0.3 is 6.18 Å². The molecular weight excluding hydrogens is 245 g/mol. The minimum Gasteiger partial charge on any atom is -0.330 e. The molecule has 1 aliphatic rings. The highest BCUT2D eigenvalue weighted by Gasteiger charge is 2.40. The van der Waals surface area contributed by atoms with Crippen LogP contribution in [0.4, 0.5) is 13.2 Å². The fourth-order valence-corrected chi connectivity index (χ4v) is 1.88. The van der Waals surface area contributed by atoms with Gasteiger partial charge in [-0.05, 0) is 25.7 Å². The van der Waals surface area contributed by atoms with E-state index >= 15 is 0 Å². The maximum absolute atomic E-state index is 12.5. The Labute approximate surface area is 106 Å². The molecule has 1 fully saturated rings. The van der Waals surface area contributed by atoms with Gasteiger partial charge in [0.1, 0.15) is 6.54 Å². The second kappa shape index (κ2) is 5.91. The van der Waals surface area contributed by atoms with Crippen LogP contribution in [-0.2, 0) is 4.79 Å². The zero-order valence-corrected chi connectivity index (χ0v) is 11.0. The van der Waals surface area contributed by atoms with E-state index in [1.807, 2.05) is 13.8 Å². The van der Waals surface area contributed by atoms with Crippen LogP contribution < -0.4 is 5.32 Å². The lowest BCUT2D eigenvalue weighted by Gasteiger charge is -2.30. The van der Waals surface area contributed by atoms with Gasteiger partial charge < -0.3 is 10.2 Å². The van der Waals surface area contributed by atoms with Gasteiger partial charge in [0, 0.05) is 12.1 Å². The van der Waals surface area contributed by atoms with E-state index in [0.29, 0.717) is 0 Å². The number of carbonyl (C=O) groups is 1. The maximum Gasteiger partial charge on any atom is 0.406 e. The van der Waals surface area contributed by atoms with Crippen LogP contribution in [0.5, 0.6) is 0 Å². The van der Waals surface area contributed by atoms with Crippen LogP contribution in [0.3, 0.4) is 0 Å². The van der Waals surface area contributed by atoms with E-state index < -0.39 is 18.6 Å². The normalized spacial score (nSPS) is 17.9. The third-order valence-electron chi connectivity index (χ3n) is 3.13. The van der Waals surface area contributed by atoms with Crippen LogP contribution >= 0.6 is 0 Å². The van der Waals surface area contributed by atoms with E-state index in [2.05, 4.69) is 5.32 Å². The number of nitrogens with zero attached hydrogens (tertiary/aromatic N) is 1. The highest BCUT2D eigenvalue weighted by atomic mass is 19.4. The van der Waals surface area contributed by atoms with Crippen molar-refractivity contribution in [3.05, 3.63) is 0 Å². The molecule has 3 nitrogen and oxygen atoms in total. The minimum absolute atomic E-state index is 0.0369. The molecule has 0 bridgehead atoms. The highest BCUT2D eigenvalue weighted by molar-refractivity contribution is 5.78. The number of alkyl halides is 3. The number of amides is 1. The Morgan fingerprint density at radius 3 is 2.28 bits per heavy atom. The summed E-state index contributed by atoms with van der Waals surface area (Å²) in [5.41, 5.74) is 0. The molecule has 18 heavy (non-hydrogen) atoms. The average molecular weight is 266 g/mol. The SMILES string of the molecule is CC(C)NCC(=O)N(CC(F)(F)F)C(C)C1CC1. The lowest BCUT2D eigenvalue weighted by molar-refractivity contribution is -0.165. The Morgan fingerprint density at radius 1 is 1.33 bits per heavy atom. The molecular formula is C12H21F3N2O. The van der Waals surface area contributed by atoms with Gasteiger partial charge in [-0.15, -0.1) is 0 Å². The molecule has 1 aliphatic carbocycles. The Hall–Kier alpha value is -0.780. The molecule has 0 aromatic rings. The summed E-state index contributed by atoms with van der Waals surface area (Å²) >= 11 is 0. The molecule has 1 amide bonds. The minimum atomic E-state index is -4.34. The first-order valence-corrected chi connectivity index (χ1v) is 6.30. The topological polar surface area (TPSA) is 32.3 Å². The van der Waals surface area contributed by atoms with Crippen molar-refractivity contribution in [3.63, 3.8) is 0 Å². The van der Waals surface area contributed by atoms with Crippen molar-refractivity contribution in [2.75, 3.05) is 13.1 Å². The third kappa shape index (κ3) is 5.25. The van der Waals surface area contributed by atoms with Crippen molar-refractivity contribution < 1.29 is 18.0 Å². The van der Waals surface area contributed by atoms with E-state index in [1.165, 1.54) is 0 Å². The van der Waals surface area contributed by atoms with Gasteiger partial charge in [-0.2, -0.15) is 13.2 Å². The first kappa shape index (κ1) is 15.3. The Balaban J connectivity index is 2.60. The summed E-state index contributed by atoms with van der Waals surface area (Å²) in [5, 5.41) is 2.87. The molecule has 1 unspecified atom stereocenters. The van der Waals surface area contributed by atoms with Crippen molar-refractivity contribution in [1.82, 2.24) is 10.2 Å². The van der Waals surface area contributed by atoms with Crippen LogP contribution in [-0.4, -0.2) is 42.2 Å². The van der Waals surface area contributed by atoms with Crippen molar-refractivity contribution in [2.45, 2.75) is 51.9 Å². The smallest absolute Gasteiger partial charge is 0.330 e. The third-order valence-corrected chi connectivity index (χ3v) is 3.13. The van der Waals surface area contributed by atoms with Crippen molar-refractivity contribution in [2.24, 2.45) is 5.92 Å². The number of rotatable bonds is 6. The zero-order valence-electron chi connectivity index (χ0n) is 11.0. The quantitative estimate of drug-likeness (QED) is 0.799. The molecule has 106 valence electrons. The summed E-state index contributed by atoms with van der Waals surface area (Å²) in [4.78, 5) is 12.8. The predicted octanol–water partition coefficient (Wildman–Crippen LogP) is 2.17. The van der Waals surface area contributed by atoms with Crippen LogP contribution in [0.2, 0.25) is 0 Å². The van der Waals surface area contributed by atoms with Gasteiger partial charge in [-0.1, -0.05) is 13.8 Å². The van der Waals surface area contributed by atoms with Crippen LogP contribution in [0.15, 0.2) is 0 Å². The van der Waals surface area contributed by atoms with Crippen molar-refractivity contribution >= 4 is 5.91 Å². The van der Waals surface area contributed by atoms with Gasteiger partial charge in [-0.25, -0.2) is 0 Å². The summed E-state index contributed by atoms with van der Waals surface area (Å²) < 4.78 is 37.5. The summed E-state index contributed by atoms with van der Waals surface area (Å²) in [5.74, 6) is -0.240. The van der Waals surface area contributed by atoms with Crippen LogP contribution in [0.1, 0.15) is 33.6 Å². The number of carbonyl (C=O) groups excluding carboxylic acids is 1. The van der Waals surface area contributed by atoms with Gasteiger partial charge in [-0.3, -0.25) is 4.79 Å². The van der Waals surface area contributed by atoms with Gasteiger partial charge in [0.05, 0.1) is 6.54 Å². The molecule has 1 N–H and O–H groups in total. The lowest BCUT2D eigenvalue weighted by Crippen LogP contribution is -2.49. The Kier molecular flexibility index (Phi) is 5.01. The molecule has 0 heterocycles. The standard InChI is InChI=1S/C12H21F3N2O/c1-8(2)16-6-11(18)17(7-12(13,14)15)9(3)10-4-5-10/h8-10,16H,4-7H2,1-3H3. The molecule has 0 spiro atoms. The van der Waals surface area contributed by atoms with Crippen molar-refractivity contribution in [3.8, 4) is 0 Å². The van der Waals surface area contributed by atoms with Crippen LogP contribution in [0.25, 0.3) is 0 Å². The fourth-order valence-electron chi connectivity index (χ4n) is 1.88. The molecule has 0 aromatic heterocycles. The first-order valence-electron chi connectivity index (χ1n) is 6.30. The summed E-state index contributed by atoms with van der Waals surface area (Å²) in [6.45, 7) is 4.22. The first-order chi connectivity index (χ1) is 8.20. The monoisotopic (exact) mass is 266 g/mol. The molecule has 6 heteroatoms. The average Bonchev–Trinajstić information content (AvgIpc) is 3.03. The molecule has 1 atom stereocenters. The second-order valence-corrected chi connectivity index (χ2v) is 5.25. The maximum atomic E-state index is 12.5. The Bertz CT molecular complexity index is 288. The number of nitrogens with one attached hydrogen (secondary N) is 1. The predicted molar refractivity (Wildman–Crippen MR) is 63.1 cm³/mol. The Morgan fingerprint density at radius 2 is 1.89 bits per heavy atom. The number of halogens is 3. The van der Waals surface area contributed by atoms with E-state index in [-0.39, 0.29) is 24.5 Å².